The van der Waals surface area contributed by atoms with E-state index in [1.54, 1.807) is 11.7 Å². The summed E-state index contributed by atoms with van der Waals surface area (Å²) in [6, 6.07) is 0. The van der Waals surface area contributed by atoms with E-state index in [9.17, 15) is 4.79 Å². The molecule has 1 aromatic rings. The number of carbonyl (C=O) groups is 1. The molecule has 0 radical (unpaired) electrons. The second-order valence-corrected chi connectivity index (χ2v) is 3.78. The number of Topliss-reactive ketones (excluding diaryl/α,β-unsaturated/α-hetero) is 1. The summed E-state index contributed by atoms with van der Waals surface area (Å²) in [6.45, 7) is 0. The Bertz CT molecular complexity index is 333. The Kier molecular flexibility index (Phi) is 2.56. The molecule has 0 aromatic carbocycles. The van der Waals surface area contributed by atoms with E-state index in [4.69, 9.17) is 0 Å². The van der Waals surface area contributed by atoms with Crippen LogP contribution in [0, 0.1) is 0 Å². The molecule has 14 heavy (non-hydrogen) atoms. The molecule has 1 aliphatic rings. The molecule has 1 saturated carbocycles. The average molecular weight is 194 g/mol. The van der Waals surface area contributed by atoms with Crippen molar-refractivity contribution in [3.63, 3.8) is 0 Å². The number of nitrogens with zero attached hydrogens (tertiary/aromatic N) is 4. The smallest absolute Gasteiger partial charge is 0.161 e. The van der Waals surface area contributed by atoms with Gasteiger partial charge in [0.25, 0.3) is 0 Å². The van der Waals surface area contributed by atoms with E-state index in [0.717, 1.165) is 31.5 Å². The van der Waals surface area contributed by atoms with E-state index in [2.05, 4.69) is 15.5 Å². The summed E-state index contributed by atoms with van der Waals surface area (Å²) >= 11 is 0. The minimum atomic E-state index is -0.0718. The van der Waals surface area contributed by atoms with Crippen LogP contribution in [0.2, 0.25) is 0 Å². The summed E-state index contributed by atoms with van der Waals surface area (Å²) in [6.07, 6.45) is 4.84. The highest BCUT2D eigenvalue weighted by molar-refractivity contribution is 5.85. The van der Waals surface area contributed by atoms with Crippen molar-refractivity contribution >= 4 is 5.78 Å². The Morgan fingerprint density at radius 2 is 2.21 bits per heavy atom. The van der Waals surface area contributed by atoms with Crippen LogP contribution in [0.25, 0.3) is 0 Å². The minimum absolute atomic E-state index is 0.0718. The monoisotopic (exact) mass is 194 g/mol. The van der Waals surface area contributed by atoms with Gasteiger partial charge in [-0.25, -0.2) is 4.68 Å². The van der Waals surface area contributed by atoms with Gasteiger partial charge in [-0.05, 0) is 23.3 Å². The van der Waals surface area contributed by atoms with Gasteiger partial charge in [-0.1, -0.05) is 12.8 Å². The van der Waals surface area contributed by atoms with Crippen LogP contribution in [-0.4, -0.2) is 26.0 Å². The fourth-order valence-electron chi connectivity index (χ4n) is 1.96. The van der Waals surface area contributed by atoms with Gasteiger partial charge in [0.15, 0.2) is 5.82 Å². The van der Waals surface area contributed by atoms with Crippen molar-refractivity contribution in [2.24, 2.45) is 7.05 Å². The number of aryl methyl sites for hydroxylation is 1. The molecule has 1 aromatic heterocycles. The Hall–Kier alpha value is -1.26. The van der Waals surface area contributed by atoms with Crippen LogP contribution in [0.15, 0.2) is 0 Å². The van der Waals surface area contributed by atoms with Crippen LogP contribution >= 0.6 is 0 Å². The molecule has 76 valence electrons. The van der Waals surface area contributed by atoms with Crippen LogP contribution in [0.1, 0.15) is 43.8 Å². The van der Waals surface area contributed by atoms with E-state index < -0.39 is 0 Å². The maximum absolute atomic E-state index is 11.8. The zero-order valence-corrected chi connectivity index (χ0v) is 8.31. The lowest BCUT2D eigenvalue weighted by molar-refractivity contribution is -0.120. The normalized spacial score (nSPS) is 23.5. The highest BCUT2D eigenvalue weighted by Gasteiger charge is 2.26. The van der Waals surface area contributed by atoms with Crippen molar-refractivity contribution < 1.29 is 4.79 Å². The molecule has 5 nitrogen and oxygen atoms in total. The number of ketones is 1. The van der Waals surface area contributed by atoms with Crippen LogP contribution in [0.5, 0.6) is 0 Å². The summed E-state index contributed by atoms with van der Waals surface area (Å²) < 4.78 is 1.61. The van der Waals surface area contributed by atoms with E-state index >= 15 is 0 Å². The van der Waals surface area contributed by atoms with Gasteiger partial charge in [0.1, 0.15) is 5.78 Å². The van der Waals surface area contributed by atoms with Crippen LogP contribution in [0.4, 0.5) is 0 Å². The van der Waals surface area contributed by atoms with E-state index in [1.165, 1.54) is 0 Å². The van der Waals surface area contributed by atoms with Gasteiger partial charge < -0.3 is 0 Å². The van der Waals surface area contributed by atoms with Crippen molar-refractivity contribution in [3.8, 4) is 0 Å². The lowest BCUT2D eigenvalue weighted by atomic mass is 9.98. The third kappa shape index (κ3) is 1.66. The van der Waals surface area contributed by atoms with Crippen molar-refractivity contribution in [3.05, 3.63) is 5.82 Å². The molecule has 0 amide bonds. The van der Waals surface area contributed by atoms with E-state index in [1.807, 2.05) is 0 Å². The molecule has 0 bridgehead atoms. The summed E-state index contributed by atoms with van der Waals surface area (Å²) in [5.74, 6) is 0.940. The zero-order valence-electron chi connectivity index (χ0n) is 8.31. The highest BCUT2D eigenvalue weighted by atomic mass is 16.1. The van der Waals surface area contributed by atoms with Crippen molar-refractivity contribution in [2.45, 2.75) is 38.0 Å². The standard InChI is InChI=1S/C9H14N4O/c1-13-9(10-11-12-13)7-5-3-2-4-6-8(7)14/h7H,2-6H2,1H3. The van der Waals surface area contributed by atoms with Gasteiger partial charge in [-0.2, -0.15) is 0 Å². The molecule has 0 spiro atoms. The largest absolute Gasteiger partial charge is 0.299 e. The molecule has 1 atom stereocenters. The van der Waals surface area contributed by atoms with Gasteiger partial charge in [-0.3, -0.25) is 4.79 Å². The summed E-state index contributed by atoms with van der Waals surface area (Å²) in [4.78, 5) is 11.8. The van der Waals surface area contributed by atoms with Crippen LogP contribution < -0.4 is 0 Å². The molecule has 0 saturated heterocycles. The number of aromatic nitrogens is 4. The first kappa shape index (κ1) is 9.30. The second kappa shape index (κ2) is 3.86. The number of rotatable bonds is 1. The Morgan fingerprint density at radius 3 is 2.93 bits per heavy atom. The predicted molar refractivity (Wildman–Crippen MR) is 49.6 cm³/mol. The molecule has 5 heteroatoms. The molecule has 2 rings (SSSR count). The lowest BCUT2D eigenvalue weighted by Crippen LogP contribution is -2.15. The number of tetrazole rings is 1. The Morgan fingerprint density at radius 1 is 1.36 bits per heavy atom. The fourth-order valence-corrected chi connectivity index (χ4v) is 1.96. The molecule has 1 fully saturated rings. The topological polar surface area (TPSA) is 60.7 Å². The van der Waals surface area contributed by atoms with Crippen LogP contribution in [0.3, 0.4) is 0 Å². The molecule has 0 N–H and O–H groups in total. The maximum Gasteiger partial charge on any atom is 0.161 e. The molecule has 1 heterocycles. The average Bonchev–Trinajstić information content (AvgIpc) is 2.46. The summed E-state index contributed by atoms with van der Waals surface area (Å²) in [7, 11) is 1.79. The maximum atomic E-state index is 11.8. The van der Waals surface area contributed by atoms with Crippen molar-refractivity contribution in [1.29, 1.82) is 0 Å². The molecule has 0 aliphatic heterocycles. The Balaban J connectivity index is 2.23. The summed E-state index contributed by atoms with van der Waals surface area (Å²) in [5, 5.41) is 11.2. The zero-order chi connectivity index (χ0) is 9.97. The molecule has 1 aliphatic carbocycles. The lowest BCUT2D eigenvalue weighted by Gasteiger charge is -2.09. The minimum Gasteiger partial charge on any atom is -0.299 e. The third-order valence-corrected chi connectivity index (χ3v) is 2.77. The van der Waals surface area contributed by atoms with Gasteiger partial charge in [-0.15, -0.1) is 5.10 Å². The number of hydrogen-bond donors (Lipinski definition) is 0. The Labute approximate surface area is 82.5 Å². The first-order chi connectivity index (χ1) is 6.79. The predicted octanol–water partition coefficient (Wildman–Crippen LogP) is 0.827. The second-order valence-electron chi connectivity index (χ2n) is 3.78. The van der Waals surface area contributed by atoms with E-state index in [-0.39, 0.29) is 5.92 Å². The fraction of sp³-hybridized carbons (Fsp3) is 0.778. The van der Waals surface area contributed by atoms with Gasteiger partial charge >= 0.3 is 0 Å². The first-order valence-corrected chi connectivity index (χ1v) is 5.04. The SMILES string of the molecule is Cn1nnnc1C1CCCCCC1=O. The first-order valence-electron chi connectivity index (χ1n) is 5.04. The quantitative estimate of drug-likeness (QED) is 0.621. The van der Waals surface area contributed by atoms with Crippen LogP contribution in [-0.2, 0) is 11.8 Å². The number of hydrogen-bond acceptors (Lipinski definition) is 4. The van der Waals surface area contributed by atoms with Crippen molar-refractivity contribution in [1.82, 2.24) is 20.2 Å². The van der Waals surface area contributed by atoms with Crippen molar-refractivity contribution in [2.75, 3.05) is 0 Å². The third-order valence-electron chi connectivity index (χ3n) is 2.77. The summed E-state index contributed by atoms with van der Waals surface area (Å²) in [5.41, 5.74) is 0. The van der Waals surface area contributed by atoms with Gasteiger partial charge in [0, 0.05) is 13.5 Å². The van der Waals surface area contributed by atoms with Gasteiger partial charge in [0.05, 0.1) is 5.92 Å². The molecule has 1 unspecified atom stereocenters. The number of carbonyl (C=O) groups excluding carboxylic acids is 1. The molecular formula is C9H14N4O. The molecular weight excluding hydrogens is 180 g/mol. The van der Waals surface area contributed by atoms with E-state index in [0.29, 0.717) is 12.2 Å². The highest BCUT2D eigenvalue weighted by Crippen LogP contribution is 2.26. The van der Waals surface area contributed by atoms with Gasteiger partial charge in [0.2, 0.25) is 0 Å².